The van der Waals surface area contributed by atoms with Crippen molar-refractivity contribution in [3.05, 3.63) is 93.9 Å². The molecule has 4 aromatic rings. The third kappa shape index (κ3) is 12.3. The monoisotopic (exact) mass is 622 g/mol. The van der Waals surface area contributed by atoms with Crippen LogP contribution in [-0.4, -0.2) is 92.0 Å². The van der Waals surface area contributed by atoms with Crippen molar-refractivity contribution in [2.75, 3.05) is 34.4 Å². The number of methoxy groups -OCH3 is 1. The molecule has 4 rings (SSSR count). The van der Waals surface area contributed by atoms with Crippen LogP contribution in [-0.2, 0) is 16.0 Å². The molecule has 45 heavy (non-hydrogen) atoms. The lowest BCUT2D eigenvalue weighted by Gasteiger charge is -2.18. The lowest BCUT2D eigenvalue weighted by atomic mass is 9.90. The molecule has 15 nitrogen and oxygen atoms in total. The Morgan fingerprint density at radius 1 is 1.04 bits per heavy atom. The molecule has 0 bridgehead atoms. The van der Waals surface area contributed by atoms with Crippen molar-refractivity contribution in [1.29, 1.82) is 5.41 Å². The number of rotatable bonds is 11. The van der Waals surface area contributed by atoms with Gasteiger partial charge in [-0.1, -0.05) is 24.3 Å². The molecule has 0 saturated carbocycles. The second kappa shape index (κ2) is 17.5. The summed E-state index contributed by atoms with van der Waals surface area (Å²) in [5, 5.41) is 27.0. The van der Waals surface area contributed by atoms with Crippen LogP contribution in [0.25, 0.3) is 5.95 Å². The zero-order valence-corrected chi connectivity index (χ0v) is 25.7. The van der Waals surface area contributed by atoms with E-state index < -0.39 is 17.6 Å². The summed E-state index contributed by atoms with van der Waals surface area (Å²) >= 11 is 0. The molecular weight excluding hydrogens is 584 g/mol. The first-order chi connectivity index (χ1) is 21.3. The van der Waals surface area contributed by atoms with Gasteiger partial charge in [0.2, 0.25) is 0 Å². The number of nitrogen functional groups attached to an aromatic ring is 1. The normalized spacial score (nSPS) is 10.9. The molecule has 0 aliphatic carbocycles. The van der Waals surface area contributed by atoms with Crippen LogP contribution < -0.4 is 20.9 Å². The molecule has 0 spiro atoms. The maximum atomic E-state index is 12.8. The van der Waals surface area contributed by atoms with Crippen LogP contribution in [0, 0.1) is 5.41 Å². The van der Waals surface area contributed by atoms with E-state index in [0.29, 0.717) is 35.9 Å². The van der Waals surface area contributed by atoms with E-state index in [4.69, 9.17) is 40.4 Å². The average molecular weight is 623 g/mol. The minimum absolute atomic E-state index is 0.00125. The van der Waals surface area contributed by atoms with Crippen molar-refractivity contribution in [3.8, 4) is 17.4 Å². The Kier molecular flexibility index (Phi) is 13.9. The van der Waals surface area contributed by atoms with E-state index in [1.807, 2.05) is 49.3 Å². The zero-order chi connectivity index (χ0) is 33.5. The Bertz CT molecular complexity index is 1580. The van der Waals surface area contributed by atoms with E-state index in [-0.39, 0.29) is 17.7 Å². The van der Waals surface area contributed by atoms with E-state index >= 15 is 0 Å². The van der Waals surface area contributed by atoms with Crippen molar-refractivity contribution in [3.63, 3.8) is 0 Å². The van der Waals surface area contributed by atoms with Gasteiger partial charge in [-0.05, 0) is 49.8 Å². The quantitative estimate of drug-likeness (QED) is 0.120. The lowest BCUT2D eigenvalue weighted by Crippen LogP contribution is -2.19. The summed E-state index contributed by atoms with van der Waals surface area (Å²) in [6, 6.07) is 14.8. The Hall–Kier alpha value is -5.57. The summed E-state index contributed by atoms with van der Waals surface area (Å²) in [4.78, 5) is 44.0. The van der Waals surface area contributed by atoms with Crippen LogP contribution in [0.4, 0.5) is 0 Å². The van der Waals surface area contributed by atoms with Crippen LogP contribution in [0.1, 0.15) is 42.3 Å². The van der Waals surface area contributed by atoms with Gasteiger partial charge in [0, 0.05) is 50.3 Å². The number of nitrogens with zero attached hydrogens (tertiary/aromatic N) is 5. The number of carboxylic acids is 2. The maximum absolute atomic E-state index is 12.8. The number of benzene rings is 2. The summed E-state index contributed by atoms with van der Waals surface area (Å²) in [6.45, 7) is 3.43. The second-order valence-electron chi connectivity index (χ2n) is 9.77. The van der Waals surface area contributed by atoms with E-state index in [9.17, 15) is 4.79 Å². The van der Waals surface area contributed by atoms with Gasteiger partial charge in [-0.15, -0.1) is 9.78 Å². The number of ether oxygens (including phenoxy) is 2. The van der Waals surface area contributed by atoms with Crippen molar-refractivity contribution in [2.45, 2.75) is 26.2 Å². The van der Waals surface area contributed by atoms with E-state index in [1.165, 1.54) is 0 Å². The third-order valence-corrected chi connectivity index (χ3v) is 5.76. The highest BCUT2D eigenvalue weighted by Gasteiger charge is 2.23. The van der Waals surface area contributed by atoms with Gasteiger partial charge < -0.3 is 30.3 Å². The number of hydrogen-bond acceptors (Lipinski definition) is 10. The molecule has 2 aromatic carbocycles. The molecule has 2 heterocycles. The number of nitrogens with two attached hydrogens (primary N) is 1. The standard InChI is InChI=1S/C26H30N8O3.2C2H4O2/c1-33(2)11-12-37-21-15-19(14-20(16-21)36-3)22(13-17-5-7-18(8-6-17)23(27)28)24-31-26(35)34(32-24)25-29-9-4-10-30-25;2*1-2(3)4/h4-10,14-16,22H,11-13H2,1-3H3,(H3,27,28)(H,31,32,35);2*1H3,(H,3,4). The number of likely N-dealkylation sites (N-methyl/N-ethyl adjacent to an activating group) is 1. The smallest absolute Gasteiger partial charge is 0.350 e. The van der Waals surface area contributed by atoms with Crippen molar-refractivity contribution >= 4 is 17.8 Å². The summed E-state index contributed by atoms with van der Waals surface area (Å²) in [5.41, 5.74) is 7.64. The van der Waals surface area contributed by atoms with Gasteiger partial charge in [-0.2, -0.15) is 0 Å². The molecule has 1 atom stereocenters. The molecule has 0 radical (unpaired) electrons. The Labute approximate surface area is 259 Å². The SMILES string of the molecule is CC(=O)O.CC(=O)O.COc1cc(OCCN(C)C)cc(C(Cc2ccc(C(=N)N)cc2)c2nn(-c3ncccn3)c(=O)[nH]2)c1. The highest BCUT2D eigenvalue weighted by atomic mass is 16.5. The van der Waals surface area contributed by atoms with Gasteiger partial charge >= 0.3 is 5.69 Å². The minimum Gasteiger partial charge on any atom is -0.497 e. The fourth-order valence-corrected chi connectivity index (χ4v) is 3.80. The number of hydrogen-bond donors (Lipinski definition) is 5. The molecule has 6 N–H and O–H groups in total. The molecule has 240 valence electrons. The lowest BCUT2D eigenvalue weighted by molar-refractivity contribution is -0.135. The van der Waals surface area contributed by atoms with Crippen LogP contribution in [0.15, 0.2) is 65.7 Å². The molecule has 0 aliphatic heterocycles. The first-order valence-corrected chi connectivity index (χ1v) is 13.6. The van der Waals surface area contributed by atoms with Gasteiger partial charge in [0.05, 0.1) is 7.11 Å². The first-order valence-electron chi connectivity index (χ1n) is 13.6. The average Bonchev–Trinajstić information content (AvgIpc) is 3.36. The fraction of sp³-hybridized carbons (Fsp3) is 0.300. The number of H-pyrrole nitrogens is 1. The van der Waals surface area contributed by atoms with Crippen LogP contribution in [0.5, 0.6) is 11.5 Å². The van der Waals surface area contributed by atoms with E-state index in [1.54, 1.807) is 37.7 Å². The highest BCUT2D eigenvalue weighted by Crippen LogP contribution is 2.32. The van der Waals surface area contributed by atoms with Crippen molar-refractivity contribution < 1.29 is 29.3 Å². The van der Waals surface area contributed by atoms with Gasteiger partial charge in [0.1, 0.15) is 29.8 Å². The molecular formula is C30H38N8O7. The van der Waals surface area contributed by atoms with Crippen LogP contribution >= 0.6 is 0 Å². The molecule has 0 amide bonds. The number of carbonyl (C=O) groups is 2. The fourth-order valence-electron chi connectivity index (χ4n) is 3.80. The number of nitrogens with one attached hydrogen (secondary N) is 2. The molecule has 0 fully saturated rings. The number of aromatic nitrogens is 5. The topological polar surface area (TPSA) is 223 Å². The largest absolute Gasteiger partial charge is 0.497 e. The van der Waals surface area contributed by atoms with Crippen molar-refractivity contribution in [2.24, 2.45) is 5.73 Å². The highest BCUT2D eigenvalue weighted by molar-refractivity contribution is 5.94. The van der Waals surface area contributed by atoms with Crippen LogP contribution in [0.2, 0.25) is 0 Å². The second-order valence-corrected chi connectivity index (χ2v) is 9.77. The summed E-state index contributed by atoms with van der Waals surface area (Å²) in [5.74, 6) is -0.115. The predicted octanol–water partition coefficient (Wildman–Crippen LogP) is 2.14. The van der Waals surface area contributed by atoms with Gasteiger partial charge in [-0.25, -0.2) is 14.8 Å². The first kappa shape index (κ1) is 35.6. The summed E-state index contributed by atoms with van der Waals surface area (Å²) < 4.78 is 12.7. The molecule has 0 saturated heterocycles. The zero-order valence-electron chi connectivity index (χ0n) is 25.7. The van der Waals surface area contributed by atoms with E-state index in [2.05, 4.69) is 20.1 Å². The maximum Gasteiger partial charge on any atom is 0.350 e. The molecule has 0 aliphatic rings. The number of carboxylic acid groups (broad SMARTS) is 2. The molecule has 15 heteroatoms. The summed E-state index contributed by atoms with van der Waals surface area (Å²) in [6.07, 6.45) is 3.61. The minimum atomic E-state index is -0.833. The molecule has 2 aromatic heterocycles. The third-order valence-electron chi connectivity index (χ3n) is 5.76. The van der Waals surface area contributed by atoms with E-state index in [0.717, 1.165) is 36.2 Å². The Morgan fingerprint density at radius 3 is 2.16 bits per heavy atom. The van der Waals surface area contributed by atoms with Gasteiger partial charge in [0.25, 0.3) is 17.9 Å². The predicted molar refractivity (Wildman–Crippen MR) is 166 cm³/mol. The van der Waals surface area contributed by atoms with Gasteiger partial charge in [-0.3, -0.25) is 20.0 Å². The number of amidine groups is 1. The molecule has 1 unspecified atom stereocenters. The number of aromatic amines is 1. The van der Waals surface area contributed by atoms with Gasteiger partial charge in [0.15, 0.2) is 0 Å². The van der Waals surface area contributed by atoms with Crippen LogP contribution in [0.3, 0.4) is 0 Å². The van der Waals surface area contributed by atoms with Crippen molar-refractivity contribution in [1.82, 2.24) is 29.6 Å². The Morgan fingerprint density at radius 2 is 1.62 bits per heavy atom. The summed E-state index contributed by atoms with van der Waals surface area (Å²) in [7, 11) is 5.56. The number of aliphatic carboxylic acids is 2. The Balaban J connectivity index is 0.000000789.